The summed E-state index contributed by atoms with van der Waals surface area (Å²) in [6, 6.07) is -0.805. The van der Waals surface area contributed by atoms with Crippen molar-refractivity contribution in [2.24, 2.45) is 0 Å². The van der Waals surface area contributed by atoms with Gasteiger partial charge >= 0.3 is 5.97 Å². The van der Waals surface area contributed by atoms with Crippen molar-refractivity contribution in [2.75, 3.05) is 19.8 Å². The summed E-state index contributed by atoms with van der Waals surface area (Å²) < 4.78 is 16.8. The summed E-state index contributed by atoms with van der Waals surface area (Å²) in [4.78, 5) is 25.2. The number of hydrogen-bond donors (Lipinski definition) is 6. The third-order valence-corrected chi connectivity index (χ3v) is 21.2. The maximum atomic E-state index is 13.1. The lowest BCUT2D eigenvalue weighted by Crippen LogP contribution is -2.60. The van der Waals surface area contributed by atoms with Gasteiger partial charge in [0.1, 0.15) is 24.4 Å². The van der Waals surface area contributed by atoms with E-state index >= 15 is 0 Å². The van der Waals surface area contributed by atoms with E-state index in [1.807, 2.05) is 6.08 Å². The minimum atomic E-state index is -1.57. The average molecular weight is 1380 g/mol. The van der Waals surface area contributed by atoms with Gasteiger partial charge in [-0.2, -0.15) is 0 Å². The lowest BCUT2D eigenvalue weighted by atomic mass is 9.99. The van der Waals surface area contributed by atoms with E-state index in [9.17, 15) is 35.1 Å². The Balaban J connectivity index is 1.84. The topological polar surface area (TPSA) is 175 Å². The summed E-state index contributed by atoms with van der Waals surface area (Å²) in [6.45, 7) is 4.42. The number of esters is 1. The van der Waals surface area contributed by atoms with Gasteiger partial charge in [0.2, 0.25) is 5.91 Å². The molecule has 0 bridgehead atoms. The molecule has 576 valence electrons. The average Bonchev–Trinajstić information content (AvgIpc) is 0.840. The summed E-state index contributed by atoms with van der Waals surface area (Å²) >= 11 is 0. The van der Waals surface area contributed by atoms with Gasteiger partial charge in [-0.05, 0) is 32.1 Å². The largest absolute Gasteiger partial charge is 0.466 e. The van der Waals surface area contributed by atoms with E-state index in [1.54, 1.807) is 6.08 Å². The van der Waals surface area contributed by atoms with Gasteiger partial charge in [-0.3, -0.25) is 9.59 Å². The molecule has 0 spiro atoms. The standard InChI is InChI=1S/C86H167NO10/c1-3-5-7-9-11-13-15-17-18-42-46-50-54-58-62-66-70-74-82(91)95-75-71-67-63-59-55-51-47-44-41-39-37-35-33-31-29-27-25-23-21-19-20-22-24-26-28-30-32-34-36-38-40-43-45-49-53-57-61-65-69-73-81(90)87-78(77-96-86-85(94)84(93)83(92)80(76-88)97-86)79(89)72-68-64-60-56-52-48-16-14-12-10-8-6-4-2/h68,72,78-80,83-86,88-89,92-94H,3-67,69-71,73-77H2,1-2H3,(H,87,90)/b72-68+. The second-order valence-corrected chi connectivity index (χ2v) is 30.6. The molecule has 6 N–H and O–H groups in total. The van der Waals surface area contributed by atoms with Crippen LogP contribution in [0.2, 0.25) is 0 Å². The van der Waals surface area contributed by atoms with E-state index < -0.39 is 49.5 Å². The minimum absolute atomic E-state index is 0.0237. The maximum absolute atomic E-state index is 13.1. The Labute approximate surface area is 601 Å². The molecule has 0 aromatic carbocycles. The van der Waals surface area contributed by atoms with Crippen LogP contribution in [-0.2, 0) is 23.8 Å². The molecular formula is C86H167NO10. The Hall–Kier alpha value is -1.60. The van der Waals surface area contributed by atoms with Crippen LogP contribution < -0.4 is 5.32 Å². The third kappa shape index (κ3) is 63.8. The maximum Gasteiger partial charge on any atom is 0.305 e. The molecule has 11 nitrogen and oxygen atoms in total. The molecule has 1 fully saturated rings. The molecule has 1 heterocycles. The molecule has 11 heteroatoms. The highest BCUT2D eigenvalue weighted by Gasteiger charge is 2.44. The third-order valence-electron chi connectivity index (χ3n) is 21.2. The number of aliphatic hydroxyl groups is 5. The highest BCUT2D eigenvalue weighted by atomic mass is 16.7. The molecular weight excluding hydrogens is 1210 g/mol. The number of allylic oxidation sites excluding steroid dienone is 1. The summed E-state index contributed by atoms with van der Waals surface area (Å²) in [5, 5.41) is 54.6. The van der Waals surface area contributed by atoms with Crippen LogP contribution in [0.1, 0.15) is 463 Å². The predicted molar refractivity (Wildman–Crippen MR) is 412 cm³/mol. The second kappa shape index (κ2) is 75.6. The zero-order valence-electron chi connectivity index (χ0n) is 64.6. The molecule has 0 aromatic rings. The van der Waals surface area contributed by atoms with E-state index in [1.165, 1.54) is 385 Å². The number of unbranched alkanes of at least 4 members (excludes halogenated alkanes) is 65. The summed E-state index contributed by atoms with van der Waals surface area (Å²) in [7, 11) is 0. The van der Waals surface area contributed by atoms with Gasteiger partial charge in [0.25, 0.3) is 0 Å². The number of nitrogens with one attached hydrogen (secondary N) is 1. The van der Waals surface area contributed by atoms with Gasteiger partial charge in [0.15, 0.2) is 6.29 Å². The van der Waals surface area contributed by atoms with Gasteiger partial charge in [0.05, 0.1) is 32.0 Å². The number of carbonyl (C=O) groups is 2. The number of hydrogen-bond acceptors (Lipinski definition) is 10. The van der Waals surface area contributed by atoms with E-state index in [4.69, 9.17) is 14.2 Å². The smallest absolute Gasteiger partial charge is 0.305 e. The van der Waals surface area contributed by atoms with E-state index in [0.29, 0.717) is 19.4 Å². The molecule has 0 saturated carbocycles. The molecule has 97 heavy (non-hydrogen) atoms. The van der Waals surface area contributed by atoms with Crippen LogP contribution in [0.3, 0.4) is 0 Å². The van der Waals surface area contributed by atoms with Crippen molar-refractivity contribution in [1.82, 2.24) is 5.32 Å². The van der Waals surface area contributed by atoms with Crippen molar-refractivity contribution >= 4 is 11.9 Å². The zero-order chi connectivity index (χ0) is 70.1. The van der Waals surface area contributed by atoms with Crippen molar-refractivity contribution in [3.05, 3.63) is 12.2 Å². The first-order valence-corrected chi connectivity index (χ1v) is 43.5. The van der Waals surface area contributed by atoms with Crippen LogP contribution in [0.5, 0.6) is 0 Å². The highest BCUT2D eigenvalue weighted by molar-refractivity contribution is 5.76. The Bertz CT molecular complexity index is 1610. The quantitative estimate of drug-likeness (QED) is 0.0195. The fraction of sp³-hybridized carbons (Fsp3) is 0.953. The SMILES string of the molecule is CCCCCCCCCCCCC/C=C/C(O)C(COC1OC(CO)C(O)C(O)C1O)NC(=O)CCCCCCCCCCCCCCCCCCCCCCCCCCCCCCCCCCCCCCCCCOC(=O)CCCCCCCCCCCCCCCCCCC. The van der Waals surface area contributed by atoms with Crippen LogP contribution in [0, 0.1) is 0 Å². The number of rotatable bonds is 79. The van der Waals surface area contributed by atoms with Gasteiger partial charge in [0, 0.05) is 12.8 Å². The first-order valence-electron chi connectivity index (χ1n) is 43.5. The van der Waals surface area contributed by atoms with Gasteiger partial charge in [-0.15, -0.1) is 0 Å². The molecule has 1 aliphatic rings. The molecule has 1 amide bonds. The minimum Gasteiger partial charge on any atom is -0.466 e. The van der Waals surface area contributed by atoms with Gasteiger partial charge < -0.3 is 45.1 Å². The molecule has 7 atom stereocenters. The number of ether oxygens (including phenoxy) is 3. The molecule has 1 rings (SSSR count). The normalized spacial score (nSPS) is 17.2. The number of aliphatic hydroxyl groups excluding tert-OH is 5. The molecule has 0 aromatic heterocycles. The first-order chi connectivity index (χ1) is 47.7. The van der Waals surface area contributed by atoms with Crippen molar-refractivity contribution in [2.45, 2.75) is 506 Å². The molecule has 0 aliphatic carbocycles. The highest BCUT2D eigenvalue weighted by Crippen LogP contribution is 2.24. The monoisotopic (exact) mass is 1370 g/mol. The van der Waals surface area contributed by atoms with Crippen molar-refractivity contribution in [3.8, 4) is 0 Å². The first kappa shape index (κ1) is 93.4. The van der Waals surface area contributed by atoms with Gasteiger partial charge in [-0.1, -0.05) is 431 Å². The Morgan fingerprint density at radius 1 is 0.371 bits per heavy atom. The van der Waals surface area contributed by atoms with Crippen LogP contribution in [0.25, 0.3) is 0 Å². The lowest BCUT2D eigenvalue weighted by Gasteiger charge is -2.40. The Morgan fingerprint density at radius 2 is 0.649 bits per heavy atom. The molecule has 0 radical (unpaired) electrons. The zero-order valence-corrected chi connectivity index (χ0v) is 64.6. The van der Waals surface area contributed by atoms with Crippen molar-refractivity contribution in [1.29, 1.82) is 0 Å². The summed E-state index contributed by atoms with van der Waals surface area (Å²) in [5.74, 6) is -0.148. The van der Waals surface area contributed by atoms with Crippen LogP contribution in [0.4, 0.5) is 0 Å². The fourth-order valence-electron chi connectivity index (χ4n) is 14.4. The van der Waals surface area contributed by atoms with Crippen LogP contribution in [0.15, 0.2) is 12.2 Å². The summed E-state index contributed by atoms with van der Waals surface area (Å²) in [6.07, 6.45) is 87.0. The number of amides is 1. The van der Waals surface area contributed by atoms with Crippen molar-refractivity contribution in [3.63, 3.8) is 0 Å². The Kier molecular flexibility index (Phi) is 72.8. The van der Waals surface area contributed by atoms with Crippen LogP contribution in [-0.4, -0.2) is 100 Å². The van der Waals surface area contributed by atoms with E-state index in [-0.39, 0.29) is 18.5 Å². The molecule has 1 aliphatic heterocycles. The van der Waals surface area contributed by atoms with Gasteiger partial charge in [-0.25, -0.2) is 0 Å². The molecule has 1 saturated heterocycles. The summed E-state index contributed by atoms with van der Waals surface area (Å²) in [5.41, 5.74) is 0. The van der Waals surface area contributed by atoms with Crippen molar-refractivity contribution < 1.29 is 49.3 Å². The Morgan fingerprint density at radius 3 is 0.959 bits per heavy atom. The van der Waals surface area contributed by atoms with Crippen LogP contribution >= 0.6 is 0 Å². The second-order valence-electron chi connectivity index (χ2n) is 30.6. The fourth-order valence-corrected chi connectivity index (χ4v) is 14.4. The predicted octanol–water partition coefficient (Wildman–Crippen LogP) is 24.1. The van der Waals surface area contributed by atoms with E-state index in [0.717, 1.165) is 51.4 Å². The number of carbonyl (C=O) groups excluding carboxylic acids is 2. The molecule has 7 unspecified atom stereocenters. The van der Waals surface area contributed by atoms with E-state index in [2.05, 4.69) is 19.2 Å². The lowest BCUT2D eigenvalue weighted by molar-refractivity contribution is -0.302.